The summed E-state index contributed by atoms with van der Waals surface area (Å²) in [6.45, 7) is 2.90. The number of benzene rings is 1. The van der Waals surface area contributed by atoms with Gasteiger partial charge in [-0.3, -0.25) is 4.79 Å². The summed E-state index contributed by atoms with van der Waals surface area (Å²) in [5.74, 6) is -0.0759. The summed E-state index contributed by atoms with van der Waals surface area (Å²) >= 11 is 5.07. The molecule has 4 nitrogen and oxygen atoms in total. The van der Waals surface area contributed by atoms with Crippen LogP contribution in [0.3, 0.4) is 0 Å². The highest BCUT2D eigenvalue weighted by Gasteiger charge is 2.24. The first kappa shape index (κ1) is 15.9. The highest BCUT2D eigenvalue weighted by Crippen LogP contribution is 2.18. The van der Waals surface area contributed by atoms with Crippen molar-refractivity contribution in [2.24, 2.45) is 11.7 Å². The van der Waals surface area contributed by atoms with Crippen LogP contribution in [0, 0.1) is 5.92 Å². The molecule has 5 heteroatoms. The van der Waals surface area contributed by atoms with Crippen molar-refractivity contribution >= 4 is 23.1 Å². The van der Waals surface area contributed by atoms with Crippen molar-refractivity contribution in [3.8, 4) is 0 Å². The lowest BCUT2D eigenvalue weighted by Crippen LogP contribution is -2.41. The van der Waals surface area contributed by atoms with Crippen LogP contribution in [0.25, 0.3) is 0 Å². The van der Waals surface area contributed by atoms with Gasteiger partial charge in [-0.05, 0) is 44.5 Å². The van der Waals surface area contributed by atoms with Crippen molar-refractivity contribution in [2.75, 3.05) is 26.7 Å². The molecule has 1 aliphatic heterocycles. The average Bonchev–Trinajstić information content (AvgIpc) is 2.47. The number of hydrogen-bond donors (Lipinski definition) is 2. The maximum absolute atomic E-state index is 12.4. The Morgan fingerprint density at radius 3 is 2.57 bits per heavy atom. The molecular weight excluding hydrogens is 282 g/mol. The Labute approximate surface area is 131 Å². The minimum absolute atomic E-state index is 0.0902. The van der Waals surface area contributed by atoms with Gasteiger partial charge >= 0.3 is 0 Å². The number of hydrogen-bond acceptors (Lipinski definition) is 3. The van der Waals surface area contributed by atoms with E-state index in [9.17, 15) is 4.79 Å². The Morgan fingerprint density at radius 1 is 1.38 bits per heavy atom. The van der Waals surface area contributed by atoms with Crippen molar-refractivity contribution < 1.29 is 4.79 Å². The maximum Gasteiger partial charge on any atom is 0.234 e. The lowest BCUT2D eigenvalue weighted by molar-refractivity contribution is -0.121. The number of carbonyl (C=O) groups excluding carboxylic acids is 1. The van der Waals surface area contributed by atoms with Gasteiger partial charge in [-0.15, -0.1) is 0 Å². The Hall–Kier alpha value is -1.46. The predicted molar refractivity (Wildman–Crippen MR) is 89.2 cm³/mol. The first-order chi connectivity index (χ1) is 10.1. The number of thiocarbonyl (C=S) groups is 1. The zero-order valence-electron chi connectivity index (χ0n) is 12.4. The monoisotopic (exact) mass is 305 g/mol. The molecule has 0 aliphatic carbocycles. The molecule has 1 amide bonds. The number of nitrogens with two attached hydrogens (primary N) is 1. The minimum Gasteiger partial charge on any atom is -0.392 e. The summed E-state index contributed by atoms with van der Waals surface area (Å²) in [5.41, 5.74) is 6.61. The molecule has 2 rings (SSSR count). The Morgan fingerprint density at radius 2 is 2.00 bits per heavy atom. The van der Waals surface area contributed by atoms with Gasteiger partial charge in [0.1, 0.15) is 5.92 Å². The van der Waals surface area contributed by atoms with Gasteiger partial charge in [-0.1, -0.05) is 42.5 Å². The van der Waals surface area contributed by atoms with Crippen LogP contribution in [-0.2, 0) is 4.79 Å². The molecule has 0 saturated carbocycles. The molecule has 114 valence electrons. The quantitative estimate of drug-likeness (QED) is 0.810. The zero-order chi connectivity index (χ0) is 15.2. The third kappa shape index (κ3) is 4.51. The van der Waals surface area contributed by atoms with Crippen LogP contribution in [0.4, 0.5) is 0 Å². The predicted octanol–water partition coefficient (Wildman–Crippen LogP) is 1.51. The molecule has 1 fully saturated rings. The second-order valence-electron chi connectivity index (χ2n) is 5.74. The molecule has 0 aromatic heterocycles. The summed E-state index contributed by atoms with van der Waals surface area (Å²) < 4.78 is 0. The smallest absolute Gasteiger partial charge is 0.234 e. The molecule has 21 heavy (non-hydrogen) atoms. The lowest BCUT2D eigenvalue weighted by Gasteiger charge is -2.29. The van der Waals surface area contributed by atoms with Gasteiger partial charge in [0.2, 0.25) is 5.91 Å². The van der Waals surface area contributed by atoms with E-state index in [1.165, 1.54) is 0 Å². The Kier molecular flexibility index (Phi) is 5.70. The van der Waals surface area contributed by atoms with E-state index in [0.29, 0.717) is 12.5 Å². The van der Waals surface area contributed by atoms with Crippen LogP contribution in [-0.4, -0.2) is 42.5 Å². The standard InChI is InChI=1S/C16H23N3OS/c1-19-9-7-12(8-10-19)11-18-16(20)14(15(17)21)13-5-3-2-4-6-13/h2-6,12,14H,7-11H2,1H3,(H2,17,21)(H,18,20). The average molecular weight is 305 g/mol. The van der Waals surface area contributed by atoms with Gasteiger partial charge in [0.25, 0.3) is 0 Å². The van der Waals surface area contributed by atoms with E-state index in [1.807, 2.05) is 30.3 Å². The molecule has 1 aromatic rings. The molecule has 0 spiro atoms. The van der Waals surface area contributed by atoms with Gasteiger partial charge in [0.15, 0.2) is 0 Å². The van der Waals surface area contributed by atoms with Gasteiger partial charge < -0.3 is 16.0 Å². The minimum atomic E-state index is -0.535. The summed E-state index contributed by atoms with van der Waals surface area (Å²) in [4.78, 5) is 14.9. The molecule has 0 bridgehead atoms. The van der Waals surface area contributed by atoms with E-state index in [0.717, 1.165) is 31.5 Å². The SMILES string of the molecule is CN1CCC(CNC(=O)C(C(N)=S)c2ccccc2)CC1. The highest BCUT2D eigenvalue weighted by atomic mass is 32.1. The summed E-state index contributed by atoms with van der Waals surface area (Å²) in [6, 6.07) is 9.48. The van der Waals surface area contributed by atoms with E-state index in [1.54, 1.807) is 0 Å². The fourth-order valence-electron chi connectivity index (χ4n) is 2.70. The van der Waals surface area contributed by atoms with Gasteiger partial charge in [-0.2, -0.15) is 0 Å². The fourth-order valence-corrected chi connectivity index (χ4v) is 2.95. The van der Waals surface area contributed by atoms with E-state index >= 15 is 0 Å². The molecule has 1 saturated heterocycles. The van der Waals surface area contributed by atoms with E-state index in [2.05, 4.69) is 17.3 Å². The molecule has 0 radical (unpaired) electrons. The topological polar surface area (TPSA) is 58.4 Å². The van der Waals surface area contributed by atoms with Crippen LogP contribution < -0.4 is 11.1 Å². The molecule has 1 unspecified atom stereocenters. The second kappa shape index (κ2) is 7.52. The van der Waals surface area contributed by atoms with Crippen molar-refractivity contribution in [2.45, 2.75) is 18.8 Å². The fraction of sp³-hybridized carbons (Fsp3) is 0.500. The van der Waals surface area contributed by atoms with Gasteiger partial charge in [-0.25, -0.2) is 0 Å². The van der Waals surface area contributed by atoms with Gasteiger partial charge in [0.05, 0.1) is 4.99 Å². The van der Waals surface area contributed by atoms with Crippen molar-refractivity contribution in [1.29, 1.82) is 0 Å². The molecular formula is C16H23N3OS. The molecule has 3 N–H and O–H groups in total. The van der Waals surface area contributed by atoms with E-state index < -0.39 is 5.92 Å². The number of nitrogens with zero attached hydrogens (tertiary/aromatic N) is 1. The normalized spacial score (nSPS) is 18.1. The molecule has 1 aromatic carbocycles. The third-order valence-electron chi connectivity index (χ3n) is 4.08. The number of piperidine rings is 1. The summed E-state index contributed by atoms with van der Waals surface area (Å²) in [6.07, 6.45) is 2.25. The second-order valence-corrected chi connectivity index (χ2v) is 6.21. The Balaban J connectivity index is 1.92. The van der Waals surface area contributed by atoms with Gasteiger partial charge in [0, 0.05) is 6.54 Å². The van der Waals surface area contributed by atoms with Crippen molar-refractivity contribution in [1.82, 2.24) is 10.2 Å². The van der Waals surface area contributed by atoms with Crippen LogP contribution in [0.1, 0.15) is 24.3 Å². The maximum atomic E-state index is 12.4. The van der Waals surface area contributed by atoms with Crippen LogP contribution >= 0.6 is 12.2 Å². The number of likely N-dealkylation sites (tertiary alicyclic amines) is 1. The number of nitrogens with one attached hydrogen (secondary N) is 1. The molecule has 1 heterocycles. The number of rotatable bonds is 5. The number of carbonyl (C=O) groups is 1. The van der Waals surface area contributed by atoms with Crippen LogP contribution in [0.5, 0.6) is 0 Å². The molecule has 1 atom stereocenters. The largest absolute Gasteiger partial charge is 0.392 e. The number of amides is 1. The first-order valence-electron chi connectivity index (χ1n) is 7.38. The van der Waals surface area contributed by atoms with E-state index in [4.69, 9.17) is 18.0 Å². The zero-order valence-corrected chi connectivity index (χ0v) is 13.2. The molecule has 1 aliphatic rings. The van der Waals surface area contributed by atoms with Crippen molar-refractivity contribution in [3.05, 3.63) is 35.9 Å². The summed E-state index contributed by atoms with van der Waals surface area (Å²) in [7, 11) is 2.13. The van der Waals surface area contributed by atoms with Crippen LogP contribution in [0.15, 0.2) is 30.3 Å². The third-order valence-corrected chi connectivity index (χ3v) is 4.32. The van der Waals surface area contributed by atoms with Crippen molar-refractivity contribution in [3.63, 3.8) is 0 Å². The van der Waals surface area contributed by atoms with E-state index in [-0.39, 0.29) is 10.9 Å². The highest BCUT2D eigenvalue weighted by molar-refractivity contribution is 7.80. The first-order valence-corrected chi connectivity index (χ1v) is 7.79. The summed E-state index contributed by atoms with van der Waals surface area (Å²) in [5, 5.41) is 3.02. The lowest BCUT2D eigenvalue weighted by atomic mass is 9.95. The van der Waals surface area contributed by atoms with Crippen LogP contribution in [0.2, 0.25) is 0 Å². The Bertz CT molecular complexity index is 484.